The number of aromatic nitrogens is 1. The maximum Gasteiger partial charge on any atom is 0.0823 e. The minimum Gasteiger partial charge on any atom is -0.367 e. The van der Waals surface area contributed by atoms with Crippen LogP contribution in [0, 0.1) is 6.92 Å². The average Bonchev–Trinajstić information content (AvgIpc) is 2.32. The lowest BCUT2D eigenvalue weighted by atomic mass is 9.96. The summed E-state index contributed by atoms with van der Waals surface area (Å²) >= 11 is 0. The van der Waals surface area contributed by atoms with Crippen molar-refractivity contribution in [1.29, 1.82) is 0 Å². The average molecular weight is 261 g/mol. The van der Waals surface area contributed by atoms with E-state index in [4.69, 9.17) is 0 Å². The minimum absolute atomic E-state index is 0.505. The van der Waals surface area contributed by atoms with Crippen LogP contribution in [0.25, 0.3) is 0 Å². The molecule has 1 aliphatic heterocycles. The summed E-state index contributed by atoms with van der Waals surface area (Å²) in [5, 5.41) is 0. The van der Waals surface area contributed by atoms with Crippen LogP contribution in [0.5, 0.6) is 0 Å². The van der Waals surface area contributed by atoms with Gasteiger partial charge in [0.2, 0.25) is 0 Å². The van der Waals surface area contributed by atoms with Crippen molar-refractivity contribution in [2.75, 3.05) is 23.4 Å². The highest BCUT2D eigenvalue weighted by molar-refractivity contribution is 5.79. The van der Waals surface area contributed by atoms with Crippen LogP contribution in [0.2, 0.25) is 0 Å². The molecule has 3 nitrogen and oxygen atoms in total. The Labute approximate surface area is 117 Å². The van der Waals surface area contributed by atoms with E-state index in [2.05, 4.69) is 69.6 Å². The third kappa shape index (κ3) is 2.31. The standard InChI is InChI=1S/C16H27N3/c1-10(2)14-8-17-13(6)15-16(14)19(11(3)4)9-12(5)18(15)7/h8,10-12H,9H2,1-7H3/t12-/m1/s1. The van der Waals surface area contributed by atoms with Gasteiger partial charge < -0.3 is 9.80 Å². The van der Waals surface area contributed by atoms with Gasteiger partial charge in [0.1, 0.15) is 0 Å². The first-order chi connectivity index (χ1) is 8.84. The van der Waals surface area contributed by atoms with E-state index < -0.39 is 0 Å². The van der Waals surface area contributed by atoms with E-state index in [0.29, 0.717) is 18.0 Å². The molecule has 0 aliphatic carbocycles. The molecule has 0 amide bonds. The van der Waals surface area contributed by atoms with E-state index >= 15 is 0 Å². The predicted molar refractivity (Wildman–Crippen MR) is 83.4 cm³/mol. The van der Waals surface area contributed by atoms with Gasteiger partial charge in [-0.05, 0) is 39.2 Å². The van der Waals surface area contributed by atoms with Crippen LogP contribution in [0.15, 0.2) is 6.20 Å². The summed E-state index contributed by atoms with van der Waals surface area (Å²) in [6.07, 6.45) is 2.07. The number of rotatable bonds is 2. The highest BCUT2D eigenvalue weighted by Gasteiger charge is 2.31. The van der Waals surface area contributed by atoms with Gasteiger partial charge in [0, 0.05) is 31.9 Å². The van der Waals surface area contributed by atoms with Crippen molar-refractivity contribution >= 4 is 11.4 Å². The molecule has 0 saturated carbocycles. The molecule has 106 valence electrons. The van der Waals surface area contributed by atoms with Crippen LogP contribution < -0.4 is 9.80 Å². The number of nitrogens with zero attached hydrogens (tertiary/aromatic N) is 3. The van der Waals surface area contributed by atoms with Crippen molar-refractivity contribution in [3.8, 4) is 0 Å². The summed E-state index contributed by atoms with van der Waals surface area (Å²) in [4.78, 5) is 9.56. The molecule has 0 aromatic carbocycles. The summed E-state index contributed by atoms with van der Waals surface area (Å²) in [6.45, 7) is 14.6. The molecule has 0 bridgehead atoms. The molecule has 1 aromatic rings. The second kappa shape index (κ2) is 5.03. The molecule has 0 N–H and O–H groups in total. The van der Waals surface area contributed by atoms with Gasteiger partial charge in [0.25, 0.3) is 0 Å². The largest absolute Gasteiger partial charge is 0.367 e. The van der Waals surface area contributed by atoms with Gasteiger partial charge in [-0.25, -0.2) is 0 Å². The maximum absolute atomic E-state index is 4.62. The summed E-state index contributed by atoms with van der Waals surface area (Å²) in [7, 11) is 2.19. The van der Waals surface area contributed by atoms with Gasteiger partial charge >= 0.3 is 0 Å². The smallest absolute Gasteiger partial charge is 0.0823 e. The molecule has 0 unspecified atom stereocenters. The fourth-order valence-electron chi connectivity index (χ4n) is 2.93. The number of anilines is 2. The first-order valence-electron chi connectivity index (χ1n) is 7.33. The van der Waals surface area contributed by atoms with Crippen LogP contribution in [0.3, 0.4) is 0 Å². The molecule has 2 rings (SSSR count). The first kappa shape index (κ1) is 14.2. The maximum atomic E-state index is 4.62. The molecule has 0 fully saturated rings. The molecular formula is C16H27N3. The summed E-state index contributed by atoms with van der Waals surface area (Å²) < 4.78 is 0. The van der Waals surface area contributed by atoms with E-state index in [1.165, 1.54) is 16.9 Å². The van der Waals surface area contributed by atoms with Crippen molar-refractivity contribution in [1.82, 2.24) is 4.98 Å². The van der Waals surface area contributed by atoms with Gasteiger partial charge in [-0.15, -0.1) is 0 Å². The third-order valence-corrected chi connectivity index (χ3v) is 4.25. The molecule has 1 aromatic heterocycles. The Hall–Kier alpha value is -1.25. The van der Waals surface area contributed by atoms with E-state index in [9.17, 15) is 0 Å². The van der Waals surface area contributed by atoms with Crippen molar-refractivity contribution in [3.05, 3.63) is 17.5 Å². The summed E-state index contributed by atoms with van der Waals surface area (Å²) in [6, 6.07) is 1.05. The molecule has 19 heavy (non-hydrogen) atoms. The highest BCUT2D eigenvalue weighted by Crippen LogP contribution is 2.42. The molecule has 0 radical (unpaired) electrons. The monoisotopic (exact) mass is 261 g/mol. The van der Waals surface area contributed by atoms with Crippen LogP contribution in [-0.2, 0) is 0 Å². The number of hydrogen-bond acceptors (Lipinski definition) is 3. The minimum atomic E-state index is 0.505. The van der Waals surface area contributed by atoms with Gasteiger partial charge in [-0.1, -0.05) is 13.8 Å². The highest BCUT2D eigenvalue weighted by atomic mass is 15.3. The lowest BCUT2D eigenvalue weighted by Crippen LogP contribution is -2.49. The topological polar surface area (TPSA) is 19.4 Å². The number of pyridine rings is 1. The Morgan fingerprint density at radius 2 is 1.84 bits per heavy atom. The zero-order valence-corrected chi connectivity index (χ0v) is 13.4. The van der Waals surface area contributed by atoms with Crippen molar-refractivity contribution in [2.45, 2.75) is 59.5 Å². The van der Waals surface area contributed by atoms with Crippen molar-refractivity contribution in [2.24, 2.45) is 0 Å². The van der Waals surface area contributed by atoms with Crippen LogP contribution in [0.4, 0.5) is 11.4 Å². The molecule has 1 atom stereocenters. The zero-order chi connectivity index (χ0) is 14.3. The molecule has 0 spiro atoms. The van der Waals surface area contributed by atoms with Crippen molar-refractivity contribution < 1.29 is 0 Å². The van der Waals surface area contributed by atoms with Crippen LogP contribution in [0.1, 0.15) is 51.8 Å². The van der Waals surface area contributed by atoms with E-state index in [0.717, 1.165) is 12.2 Å². The Kier molecular flexibility index (Phi) is 3.75. The number of likely N-dealkylation sites (N-methyl/N-ethyl adjacent to an activating group) is 1. The SMILES string of the molecule is Cc1ncc(C(C)C)c2c1N(C)[C@H](C)CN2C(C)C. The van der Waals surface area contributed by atoms with E-state index in [-0.39, 0.29) is 0 Å². The molecular weight excluding hydrogens is 234 g/mol. The number of aryl methyl sites for hydroxylation is 1. The second-order valence-electron chi connectivity index (χ2n) is 6.36. The zero-order valence-electron chi connectivity index (χ0n) is 13.4. The van der Waals surface area contributed by atoms with Crippen LogP contribution >= 0.6 is 0 Å². The van der Waals surface area contributed by atoms with Gasteiger partial charge in [-0.2, -0.15) is 0 Å². The first-order valence-corrected chi connectivity index (χ1v) is 7.33. The molecule has 3 heteroatoms. The van der Waals surface area contributed by atoms with Crippen molar-refractivity contribution in [3.63, 3.8) is 0 Å². The molecule has 0 saturated heterocycles. The predicted octanol–water partition coefficient (Wildman–Crippen LogP) is 3.57. The van der Waals surface area contributed by atoms with E-state index in [1.807, 2.05) is 0 Å². The van der Waals surface area contributed by atoms with Gasteiger partial charge in [0.05, 0.1) is 17.1 Å². The number of fused-ring (bicyclic) bond motifs is 1. The Balaban J connectivity index is 2.68. The fourth-order valence-corrected chi connectivity index (χ4v) is 2.93. The quantitative estimate of drug-likeness (QED) is 0.811. The number of hydrogen-bond donors (Lipinski definition) is 0. The molecule has 2 heterocycles. The second-order valence-corrected chi connectivity index (χ2v) is 6.36. The van der Waals surface area contributed by atoms with Gasteiger partial charge in [-0.3, -0.25) is 4.98 Å². The summed E-state index contributed by atoms with van der Waals surface area (Å²) in [5.41, 5.74) is 5.23. The van der Waals surface area contributed by atoms with E-state index in [1.54, 1.807) is 0 Å². The summed E-state index contributed by atoms with van der Waals surface area (Å²) in [5.74, 6) is 0.505. The Morgan fingerprint density at radius 1 is 1.21 bits per heavy atom. The normalized spacial score (nSPS) is 19.3. The van der Waals surface area contributed by atoms with Crippen LogP contribution in [-0.4, -0.2) is 30.7 Å². The fraction of sp³-hybridized carbons (Fsp3) is 0.688. The lowest BCUT2D eigenvalue weighted by Gasteiger charge is -2.45. The lowest BCUT2D eigenvalue weighted by molar-refractivity contribution is 0.570. The Bertz CT molecular complexity index is 465. The Morgan fingerprint density at radius 3 is 2.37 bits per heavy atom. The van der Waals surface area contributed by atoms with Gasteiger partial charge in [0.15, 0.2) is 0 Å². The molecule has 1 aliphatic rings. The third-order valence-electron chi connectivity index (χ3n) is 4.25.